The van der Waals surface area contributed by atoms with Crippen molar-refractivity contribution in [3.63, 3.8) is 0 Å². The lowest BCUT2D eigenvalue weighted by Gasteiger charge is -2.37. The van der Waals surface area contributed by atoms with Crippen molar-refractivity contribution in [3.8, 4) is 5.75 Å². The van der Waals surface area contributed by atoms with Gasteiger partial charge in [-0.1, -0.05) is 30.9 Å². The molecule has 110 valence electrons. The van der Waals surface area contributed by atoms with Crippen molar-refractivity contribution >= 4 is 23.2 Å². The number of nitrogens with one attached hydrogen (secondary N) is 1. The predicted molar refractivity (Wildman–Crippen MR) is 84.0 cm³/mol. The molecule has 1 N–H and O–H groups in total. The van der Waals surface area contributed by atoms with E-state index < -0.39 is 0 Å². The number of halogens is 2. The average Bonchev–Trinajstić information content (AvgIpc) is 2.94. The summed E-state index contributed by atoms with van der Waals surface area (Å²) < 4.78 is 5.76. The van der Waals surface area contributed by atoms with E-state index in [-0.39, 0.29) is 5.54 Å². The fraction of sp³-hybridized carbons (Fsp3) is 0.625. The monoisotopic (exact) mass is 313 g/mol. The van der Waals surface area contributed by atoms with Crippen LogP contribution in [0, 0.1) is 0 Å². The molecular weight excluding hydrogens is 293 g/mol. The fourth-order valence-electron chi connectivity index (χ4n) is 3.35. The maximum Gasteiger partial charge on any atom is 0.127 e. The lowest BCUT2D eigenvalue weighted by Crippen LogP contribution is -2.48. The Labute approximate surface area is 130 Å². The second-order valence-electron chi connectivity index (χ2n) is 5.98. The minimum Gasteiger partial charge on any atom is -0.493 e. The molecule has 1 heterocycles. The smallest absolute Gasteiger partial charge is 0.127 e. The largest absolute Gasteiger partial charge is 0.493 e. The van der Waals surface area contributed by atoms with E-state index in [9.17, 15) is 0 Å². The second kappa shape index (κ2) is 6.13. The molecule has 20 heavy (non-hydrogen) atoms. The highest BCUT2D eigenvalue weighted by atomic mass is 35.5. The zero-order valence-electron chi connectivity index (χ0n) is 11.7. The van der Waals surface area contributed by atoms with Gasteiger partial charge in [-0.25, -0.2) is 0 Å². The van der Waals surface area contributed by atoms with Crippen LogP contribution in [-0.2, 0) is 13.0 Å². The molecule has 1 aliphatic carbocycles. The molecule has 0 atom stereocenters. The van der Waals surface area contributed by atoms with E-state index in [4.69, 9.17) is 27.9 Å². The predicted octanol–water partition coefficient (Wildman–Crippen LogP) is 4.31. The number of hydrogen-bond acceptors (Lipinski definition) is 2. The van der Waals surface area contributed by atoms with E-state index >= 15 is 0 Å². The van der Waals surface area contributed by atoms with Crippen LogP contribution in [0.1, 0.15) is 43.2 Å². The van der Waals surface area contributed by atoms with Crippen LogP contribution < -0.4 is 10.1 Å². The number of rotatable bonds is 4. The Kier molecular flexibility index (Phi) is 4.44. The number of fused-ring (bicyclic) bond motifs is 1. The minimum atomic E-state index is 0.0909. The molecule has 0 saturated heterocycles. The fourth-order valence-corrected chi connectivity index (χ4v) is 3.97. The summed E-state index contributed by atoms with van der Waals surface area (Å²) in [4.78, 5) is 0. The van der Waals surface area contributed by atoms with Crippen molar-refractivity contribution < 1.29 is 4.74 Å². The maximum absolute atomic E-state index is 6.23. The van der Waals surface area contributed by atoms with E-state index in [0.29, 0.717) is 5.88 Å². The molecule has 2 aliphatic rings. The van der Waals surface area contributed by atoms with Crippen LogP contribution in [0.4, 0.5) is 0 Å². The van der Waals surface area contributed by atoms with E-state index in [0.717, 1.165) is 30.3 Å². The van der Waals surface area contributed by atoms with Gasteiger partial charge in [0.05, 0.1) is 6.61 Å². The number of ether oxygens (including phenoxy) is 1. The Morgan fingerprint density at radius 2 is 2.00 bits per heavy atom. The molecule has 2 nitrogen and oxygen atoms in total. The van der Waals surface area contributed by atoms with Gasteiger partial charge in [-0.05, 0) is 30.5 Å². The van der Waals surface area contributed by atoms with Crippen LogP contribution >= 0.6 is 23.2 Å². The van der Waals surface area contributed by atoms with Crippen LogP contribution in [0.25, 0.3) is 0 Å². The quantitative estimate of drug-likeness (QED) is 0.836. The second-order valence-corrected chi connectivity index (χ2v) is 6.68. The summed E-state index contributed by atoms with van der Waals surface area (Å²) in [6.07, 6.45) is 7.16. The zero-order chi connectivity index (χ0) is 14.0. The lowest BCUT2D eigenvalue weighted by molar-refractivity contribution is 0.254. The third-order valence-corrected chi connectivity index (χ3v) is 5.28. The molecule has 1 aromatic carbocycles. The van der Waals surface area contributed by atoms with Crippen molar-refractivity contribution in [2.24, 2.45) is 0 Å². The normalized spacial score (nSPS) is 20.5. The van der Waals surface area contributed by atoms with Gasteiger partial charge in [0, 0.05) is 35.0 Å². The Hall–Kier alpha value is -0.440. The highest BCUT2D eigenvalue weighted by molar-refractivity contribution is 6.30. The SMILES string of the molecule is ClCC1(NCc2cc(Cl)cc3c2OCC3)CCCCC1. The van der Waals surface area contributed by atoms with Gasteiger partial charge < -0.3 is 10.1 Å². The number of hydrogen-bond donors (Lipinski definition) is 1. The van der Waals surface area contributed by atoms with E-state index in [2.05, 4.69) is 5.32 Å². The molecule has 4 heteroatoms. The summed E-state index contributed by atoms with van der Waals surface area (Å²) in [6.45, 7) is 1.55. The van der Waals surface area contributed by atoms with Gasteiger partial charge in [0.2, 0.25) is 0 Å². The highest BCUT2D eigenvalue weighted by Crippen LogP contribution is 2.34. The van der Waals surface area contributed by atoms with Crippen LogP contribution in [0.2, 0.25) is 5.02 Å². The molecule has 1 fully saturated rings. The first-order valence-corrected chi connectivity index (χ1v) is 8.39. The molecule has 1 aliphatic heterocycles. The van der Waals surface area contributed by atoms with Crippen molar-refractivity contribution in [2.75, 3.05) is 12.5 Å². The van der Waals surface area contributed by atoms with Gasteiger partial charge in [0.25, 0.3) is 0 Å². The molecule has 0 radical (unpaired) electrons. The van der Waals surface area contributed by atoms with Gasteiger partial charge in [0.1, 0.15) is 5.75 Å². The Morgan fingerprint density at radius 3 is 2.75 bits per heavy atom. The summed E-state index contributed by atoms with van der Waals surface area (Å²) in [5.41, 5.74) is 2.49. The molecule has 0 amide bonds. The first-order valence-electron chi connectivity index (χ1n) is 7.48. The standard InChI is InChI=1S/C16H21Cl2NO/c17-11-16(5-2-1-3-6-16)19-10-13-9-14(18)8-12-4-7-20-15(12)13/h8-9,19H,1-7,10-11H2. The van der Waals surface area contributed by atoms with Gasteiger partial charge >= 0.3 is 0 Å². The van der Waals surface area contributed by atoms with Crippen LogP contribution in [0.5, 0.6) is 5.75 Å². The summed E-state index contributed by atoms with van der Waals surface area (Å²) in [7, 11) is 0. The molecule has 0 bridgehead atoms. The number of alkyl halides is 1. The van der Waals surface area contributed by atoms with Gasteiger partial charge in [-0.3, -0.25) is 0 Å². The van der Waals surface area contributed by atoms with E-state index in [1.807, 2.05) is 12.1 Å². The molecule has 0 aromatic heterocycles. The average molecular weight is 314 g/mol. The Bertz CT molecular complexity index is 484. The Morgan fingerprint density at radius 1 is 1.20 bits per heavy atom. The maximum atomic E-state index is 6.23. The molecule has 3 rings (SSSR count). The molecule has 1 aromatic rings. The highest BCUT2D eigenvalue weighted by Gasteiger charge is 2.31. The van der Waals surface area contributed by atoms with Gasteiger partial charge in [-0.2, -0.15) is 0 Å². The summed E-state index contributed by atoms with van der Waals surface area (Å²) >= 11 is 12.4. The van der Waals surface area contributed by atoms with E-state index in [1.165, 1.54) is 43.2 Å². The lowest BCUT2D eigenvalue weighted by atomic mass is 9.83. The summed E-state index contributed by atoms with van der Waals surface area (Å²) in [5, 5.41) is 4.49. The van der Waals surface area contributed by atoms with Crippen LogP contribution in [0.15, 0.2) is 12.1 Å². The molecular formula is C16H21Cl2NO. The summed E-state index contributed by atoms with van der Waals surface area (Å²) in [5.74, 6) is 1.71. The van der Waals surface area contributed by atoms with E-state index in [1.54, 1.807) is 0 Å². The first kappa shape index (κ1) is 14.5. The van der Waals surface area contributed by atoms with Crippen molar-refractivity contribution in [1.82, 2.24) is 5.32 Å². The summed E-state index contributed by atoms with van der Waals surface area (Å²) in [6, 6.07) is 4.04. The van der Waals surface area contributed by atoms with Crippen molar-refractivity contribution in [2.45, 2.75) is 50.6 Å². The molecule has 1 saturated carbocycles. The minimum absolute atomic E-state index is 0.0909. The van der Waals surface area contributed by atoms with Gasteiger partial charge in [-0.15, -0.1) is 11.6 Å². The number of benzene rings is 1. The first-order chi connectivity index (χ1) is 9.72. The Balaban J connectivity index is 1.75. The van der Waals surface area contributed by atoms with Crippen LogP contribution in [-0.4, -0.2) is 18.0 Å². The molecule has 0 unspecified atom stereocenters. The zero-order valence-corrected chi connectivity index (χ0v) is 13.2. The topological polar surface area (TPSA) is 21.3 Å². The van der Waals surface area contributed by atoms with Crippen LogP contribution in [0.3, 0.4) is 0 Å². The third-order valence-electron chi connectivity index (χ3n) is 4.55. The van der Waals surface area contributed by atoms with Crippen molar-refractivity contribution in [1.29, 1.82) is 0 Å². The molecule has 0 spiro atoms. The van der Waals surface area contributed by atoms with Gasteiger partial charge in [0.15, 0.2) is 0 Å². The third kappa shape index (κ3) is 2.93. The van der Waals surface area contributed by atoms with Crippen molar-refractivity contribution in [3.05, 3.63) is 28.3 Å².